The summed E-state index contributed by atoms with van der Waals surface area (Å²) in [5.41, 5.74) is 2.89. The van der Waals surface area contributed by atoms with Crippen molar-refractivity contribution in [2.45, 2.75) is 25.6 Å². The van der Waals surface area contributed by atoms with Crippen LogP contribution in [0.5, 0.6) is 0 Å². The molecule has 3 N–H and O–H groups in total. The highest BCUT2D eigenvalue weighted by atomic mass is 16.2. The number of urea groups is 1. The van der Waals surface area contributed by atoms with Gasteiger partial charge in [-0.3, -0.25) is 14.4 Å². The summed E-state index contributed by atoms with van der Waals surface area (Å²) in [4.78, 5) is 47.8. The summed E-state index contributed by atoms with van der Waals surface area (Å²) in [5, 5.41) is 7.91. The van der Waals surface area contributed by atoms with E-state index in [1.54, 1.807) is 0 Å². The first-order valence-electron chi connectivity index (χ1n) is 8.49. The number of amides is 3. The molecule has 0 aliphatic carbocycles. The van der Waals surface area contributed by atoms with E-state index in [0.717, 1.165) is 17.5 Å². The van der Waals surface area contributed by atoms with Crippen LogP contribution in [0, 0.1) is 0 Å². The highest BCUT2D eigenvalue weighted by Crippen LogP contribution is 2.23. The zero-order chi connectivity index (χ0) is 18.3. The molecule has 2 aromatic rings. The molecule has 0 saturated carbocycles. The van der Waals surface area contributed by atoms with E-state index < -0.39 is 16.9 Å². The maximum atomic E-state index is 12.1. The smallest absolute Gasteiger partial charge is 0.315 e. The SMILES string of the molecule is O=C1NCC(C(=O)NCc2ccc3c(c2)CN(c2cc(=O)c2=O)CC3)N1. The predicted octanol–water partition coefficient (Wildman–Crippen LogP) is -0.857. The van der Waals surface area contributed by atoms with Gasteiger partial charge in [0.05, 0.1) is 5.69 Å². The van der Waals surface area contributed by atoms with Crippen molar-refractivity contribution < 1.29 is 9.59 Å². The second-order valence-corrected chi connectivity index (χ2v) is 6.62. The Labute approximate surface area is 148 Å². The number of nitrogens with one attached hydrogen (secondary N) is 3. The predicted molar refractivity (Wildman–Crippen MR) is 94.7 cm³/mol. The number of anilines is 1. The van der Waals surface area contributed by atoms with Crippen molar-refractivity contribution in [3.8, 4) is 0 Å². The zero-order valence-corrected chi connectivity index (χ0v) is 14.0. The molecule has 2 aliphatic heterocycles. The van der Waals surface area contributed by atoms with Gasteiger partial charge in [0, 0.05) is 32.2 Å². The summed E-state index contributed by atoms with van der Waals surface area (Å²) >= 11 is 0. The summed E-state index contributed by atoms with van der Waals surface area (Å²) in [6.45, 7) is 1.93. The fraction of sp³-hybridized carbons (Fsp3) is 0.333. The number of carbonyl (C=O) groups is 2. The molecule has 0 radical (unpaired) electrons. The quantitative estimate of drug-likeness (QED) is 0.620. The molecule has 0 aromatic heterocycles. The third kappa shape index (κ3) is 2.94. The number of hydrogen-bond acceptors (Lipinski definition) is 5. The lowest BCUT2D eigenvalue weighted by Crippen LogP contribution is -2.42. The maximum absolute atomic E-state index is 12.1. The molecule has 134 valence electrons. The Morgan fingerprint density at radius 3 is 2.73 bits per heavy atom. The van der Waals surface area contributed by atoms with Crippen molar-refractivity contribution in [3.63, 3.8) is 0 Å². The molecule has 1 saturated heterocycles. The number of nitrogens with zero attached hydrogens (tertiary/aromatic N) is 1. The molecule has 4 rings (SSSR count). The van der Waals surface area contributed by atoms with Gasteiger partial charge in [0.2, 0.25) is 16.8 Å². The van der Waals surface area contributed by atoms with E-state index >= 15 is 0 Å². The minimum absolute atomic E-state index is 0.230. The third-order valence-electron chi connectivity index (χ3n) is 4.90. The van der Waals surface area contributed by atoms with Crippen LogP contribution in [-0.4, -0.2) is 31.1 Å². The number of benzene rings is 1. The molecule has 2 heterocycles. The molecule has 8 nitrogen and oxygen atoms in total. The lowest BCUT2D eigenvalue weighted by molar-refractivity contribution is -0.122. The fourth-order valence-electron chi connectivity index (χ4n) is 3.39. The van der Waals surface area contributed by atoms with Crippen molar-refractivity contribution in [2.24, 2.45) is 0 Å². The summed E-state index contributed by atoms with van der Waals surface area (Å²) in [7, 11) is 0. The van der Waals surface area contributed by atoms with Gasteiger partial charge in [0.25, 0.3) is 0 Å². The van der Waals surface area contributed by atoms with Crippen molar-refractivity contribution in [2.75, 3.05) is 18.0 Å². The molecule has 1 atom stereocenters. The van der Waals surface area contributed by atoms with Crippen LogP contribution in [0.3, 0.4) is 0 Å². The molecule has 2 aliphatic rings. The van der Waals surface area contributed by atoms with Gasteiger partial charge in [-0.05, 0) is 23.1 Å². The molecule has 26 heavy (non-hydrogen) atoms. The van der Waals surface area contributed by atoms with Gasteiger partial charge >= 0.3 is 6.03 Å². The maximum Gasteiger partial charge on any atom is 0.315 e. The van der Waals surface area contributed by atoms with E-state index in [1.165, 1.54) is 11.6 Å². The molecule has 0 spiro atoms. The van der Waals surface area contributed by atoms with Gasteiger partial charge in [0.15, 0.2) is 0 Å². The van der Waals surface area contributed by atoms with E-state index in [9.17, 15) is 19.2 Å². The summed E-state index contributed by atoms with van der Waals surface area (Å²) < 4.78 is 0. The van der Waals surface area contributed by atoms with E-state index in [2.05, 4.69) is 16.0 Å². The normalized spacial score (nSPS) is 19.0. The Kier molecular flexibility index (Phi) is 3.95. The summed E-state index contributed by atoms with van der Waals surface area (Å²) in [6, 6.07) is 6.52. The van der Waals surface area contributed by atoms with Crippen LogP contribution in [-0.2, 0) is 24.3 Å². The average molecular weight is 354 g/mol. The zero-order valence-electron chi connectivity index (χ0n) is 14.0. The number of fused-ring (bicyclic) bond motifs is 1. The first kappa shape index (κ1) is 16.3. The Morgan fingerprint density at radius 1 is 1.19 bits per heavy atom. The van der Waals surface area contributed by atoms with Crippen LogP contribution in [0.4, 0.5) is 10.5 Å². The van der Waals surface area contributed by atoms with Crippen LogP contribution in [0.15, 0.2) is 33.9 Å². The van der Waals surface area contributed by atoms with Crippen LogP contribution < -0.4 is 31.7 Å². The average Bonchev–Trinajstić information content (AvgIpc) is 3.09. The Bertz CT molecular complexity index is 960. The minimum Gasteiger partial charge on any atom is -0.363 e. The molecule has 1 fully saturated rings. The second kappa shape index (κ2) is 6.29. The van der Waals surface area contributed by atoms with Crippen molar-refractivity contribution in [3.05, 3.63) is 61.4 Å². The van der Waals surface area contributed by atoms with Gasteiger partial charge in [-0.1, -0.05) is 18.2 Å². The van der Waals surface area contributed by atoms with Crippen molar-refractivity contribution >= 4 is 17.6 Å². The minimum atomic E-state index is -0.551. The molecular formula is C18H18N4O4. The van der Waals surface area contributed by atoms with Crippen LogP contribution in [0.1, 0.15) is 16.7 Å². The molecule has 1 unspecified atom stereocenters. The van der Waals surface area contributed by atoms with Gasteiger partial charge in [-0.25, -0.2) is 4.79 Å². The fourth-order valence-corrected chi connectivity index (χ4v) is 3.39. The van der Waals surface area contributed by atoms with Crippen LogP contribution in [0.25, 0.3) is 0 Å². The monoisotopic (exact) mass is 354 g/mol. The highest BCUT2D eigenvalue weighted by molar-refractivity contribution is 5.90. The van der Waals surface area contributed by atoms with Gasteiger partial charge < -0.3 is 20.9 Å². The first-order chi connectivity index (χ1) is 12.5. The highest BCUT2D eigenvalue weighted by Gasteiger charge is 2.26. The third-order valence-corrected chi connectivity index (χ3v) is 4.90. The van der Waals surface area contributed by atoms with E-state index in [4.69, 9.17) is 0 Å². The van der Waals surface area contributed by atoms with Crippen LogP contribution >= 0.6 is 0 Å². The number of carbonyl (C=O) groups excluding carboxylic acids is 2. The Morgan fingerprint density at radius 2 is 2.04 bits per heavy atom. The standard InChI is InChI=1S/C18H18N4O4/c23-15-6-14(16(15)24)22-4-3-11-2-1-10(5-12(11)9-22)7-19-17(25)13-8-20-18(26)21-13/h1-2,5-6,13H,3-4,7-9H2,(H,19,25)(H2,20,21,26). The Hall–Kier alpha value is -3.16. The second-order valence-electron chi connectivity index (χ2n) is 6.62. The molecular weight excluding hydrogens is 336 g/mol. The van der Waals surface area contributed by atoms with Gasteiger partial charge in [-0.2, -0.15) is 0 Å². The lowest BCUT2D eigenvalue weighted by atomic mass is 9.96. The molecule has 8 heteroatoms. The number of hydrogen-bond donors (Lipinski definition) is 3. The Balaban J connectivity index is 1.41. The largest absolute Gasteiger partial charge is 0.363 e. The van der Waals surface area contributed by atoms with E-state index in [-0.39, 0.29) is 18.5 Å². The van der Waals surface area contributed by atoms with Crippen LogP contribution in [0.2, 0.25) is 0 Å². The van der Waals surface area contributed by atoms with E-state index in [1.807, 2.05) is 23.1 Å². The van der Waals surface area contributed by atoms with Gasteiger partial charge in [0.1, 0.15) is 6.04 Å². The summed E-state index contributed by atoms with van der Waals surface area (Å²) in [5.74, 6) is -0.230. The topological polar surface area (TPSA) is 108 Å². The number of rotatable bonds is 4. The lowest BCUT2D eigenvalue weighted by Gasteiger charge is -2.31. The van der Waals surface area contributed by atoms with Crippen molar-refractivity contribution in [1.82, 2.24) is 16.0 Å². The first-order valence-corrected chi connectivity index (χ1v) is 8.49. The molecule has 2 aromatic carbocycles. The van der Waals surface area contributed by atoms with E-state index in [0.29, 0.717) is 25.3 Å². The van der Waals surface area contributed by atoms with Gasteiger partial charge in [-0.15, -0.1) is 0 Å². The summed E-state index contributed by atoms with van der Waals surface area (Å²) in [6.07, 6.45) is 0.806. The molecule has 3 amide bonds. The van der Waals surface area contributed by atoms with Crippen molar-refractivity contribution in [1.29, 1.82) is 0 Å². The molecule has 0 bridgehead atoms.